The van der Waals surface area contributed by atoms with E-state index in [1.165, 1.54) is 0 Å². The molecule has 0 heterocycles. The van der Waals surface area contributed by atoms with Crippen molar-refractivity contribution in [2.75, 3.05) is 6.54 Å². The second-order valence-electron chi connectivity index (χ2n) is 3.73. The summed E-state index contributed by atoms with van der Waals surface area (Å²) < 4.78 is 25.2. The average molecular weight is 272 g/mol. The van der Waals surface area contributed by atoms with Crippen LogP contribution in [0.3, 0.4) is 0 Å². The lowest BCUT2D eigenvalue weighted by Crippen LogP contribution is -2.30. The summed E-state index contributed by atoms with van der Waals surface area (Å²) in [5, 5.41) is 0.162. The Labute approximate surface area is 107 Å². The van der Waals surface area contributed by atoms with Gasteiger partial charge in [0.2, 0.25) is 10.0 Å². The van der Waals surface area contributed by atoms with Crippen molar-refractivity contribution in [2.45, 2.75) is 19.1 Å². The molecule has 17 heavy (non-hydrogen) atoms. The van der Waals surface area contributed by atoms with Crippen LogP contribution < -0.4 is 4.72 Å². The van der Waals surface area contributed by atoms with Gasteiger partial charge in [-0.3, -0.25) is 0 Å². The van der Waals surface area contributed by atoms with Crippen LogP contribution in [-0.4, -0.2) is 20.2 Å². The minimum Gasteiger partial charge on any atom is -0.212 e. The van der Waals surface area contributed by atoms with Crippen LogP contribution in [0.25, 0.3) is 0 Å². The summed E-state index contributed by atoms with van der Waals surface area (Å²) in [6.07, 6.45) is 0. The Bertz CT molecular complexity index is 541. The summed E-state index contributed by atoms with van der Waals surface area (Å²) in [6, 6.07) is 7.10. The highest BCUT2D eigenvalue weighted by Crippen LogP contribution is 2.09. The summed E-state index contributed by atoms with van der Waals surface area (Å²) in [7, 11) is -3.24. The predicted molar refractivity (Wildman–Crippen MR) is 70.4 cm³/mol. The van der Waals surface area contributed by atoms with Gasteiger partial charge in [-0.15, -0.1) is 0 Å². The molecule has 1 aromatic carbocycles. The molecule has 0 spiro atoms. The molecule has 1 aromatic rings. The van der Waals surface area contributed by atoms with E-state index < -0.39 is 15.3 Å². The van der Waals surface area contributed by atoms with Gasteiger partial charge in [0, 0.05) is 10.6 Å². The summed E-state index contributed by atoms with van der Waals surface area (Å²) >= 11 is 5.79. The van der Waals surface area contributed by atoms with E-state index in [4.69, 9.17) is 11.6 Å². The number of rotatable bonds is 3. The van der Waals surface area contributed by atoms with Crippen LogP contribution in [0.5, 0.6) is 0 Å². The topological polar surface area (TPSA) is 46.2 Å². The molecule has 1 rings (SSSR count). The first kappa shape index (κ1) is 14.0. The highest BCUT2D eigenvalue weighted by Gasteiger charge is 2.13. The Hall–Kier alpha value is -1.02. The van der Waals surface area contributed by atoms with Gasteiger partial charge in [0.15, 0.2) is 0 Å². The highest BCUT2D eigenvalue weighted by molar-refractivity contribution is 7.90. The molecule has 0 bridgehead atoms. The van der Waals surface area contributed by atoms with Crippen molar-refractivity contribution in [1.82, 2.24) is 4.72 Å². The normalized spacial score (nSPS) is 11.1. The zero-order valence-electron chi connectivity index (χ0n) is 9.70. The van der Waals surface area contributed by atoms with Crippen LogP contribution in [0.15, 0.2) is 24.3 Å². The van der Waals surface area contributed by atoms with Gasteiger partial charge in [0.25, 0.3) is 0 Å². The molecular weight excluding hydrogens is 258 g/mol. The summed E-state index contributed by atoms with van der Waals surface area (Å²) in [6.45, 7) is 3.34. The maximum atomic E-state index is 11.4. The van der Waals surface area contributed by atoms with E-state index in [-0.39, 0.29) is 6.54 Å². The van der Waals surface area contributed by atoms with Crippen LogP contribution in [0.4, 0.5) is 0 Å². The van der Waals surface area contributed by atoms with E-state index in [0.29, 0.717) is 5.02 Å². The van der Waals surface area contributed by atoms with Gasteiger partial charge in [0.1, 0.15) is 0 Å². The zero-order chi connectivity index (χ0) is 12.9. The van der Waals surface area contributed by atoms with Crippen molar-refractivity contribution in [1.29, 1.82) is 0 Å². The second kappa shape index (κ2) is 6.06. The molecule has 0 aliphatic rings. The minimum absolute atomic E-state index is 0.104. The largest absolute Gasteiger partial charge is 0.214 e. The van der Waals surface area contributed by atoms with Crippen LogP contribution in [0.2, 0.25) is 5.02 Å². The van der Waals surface area contributed by atoms with Gasteiger partial charge >= 0.3 is 0 Å². The molecule has 0 amide bonds. The molecule has 92 valence electrons. The fourth-order valence-corrected chi connectivity index (χ4v) is 1.81. The highest BCUT2D eigenvalue weighted by atomic mass is 35.5. The molecule has 0 aromatic heterocycles. The predicted octanol–water partition coefficient (Wildman–Crippen LogP) is 2.02. The number of nitrogens with one attached hydrogen (secondary N) is 1. The lowest BCUT2D eigenvalue weighted by molar-refractivity contribution is 0.577. The van der Waals surface area contributed by atoms with Gasteiger partial charge in [-0.25, -0.2) is 13.1 Å². The van der Waals surface area contributed by atoms with E-state index in [1.807, 2.05) is 6.07 Å². The Balaban J connectivity index is 2.59. The minimum atomic E-state index is -3.24. The third kappa shape index (κ3) is 4.78. The molecule has 0 aliphatic heterocycles. The molecule has 1 N–H and O–H groups in total. The van der Waals surface area contributed by atoms with E-state index in [0.717, 1.165) is 5.56 Å². The Morgan fingerprint density at radius 1 is 1.41 bits per heavy atom. The van der Waals surface area contributed by atoms with Gasteiger partial charge < -0.3 is 0 Å². The zero-order valence-corrected chi connectivity index (χ0v) is 11.3. The first-order valence-corrected chi connectivity index (χ1v) is 7.07. The number of hydrogen-bond donors (Lipinski definition) is 1. The summed E-state index contributed by atoms with van der Waals surface area (Å²) in [5.41, 5.74) is 0.765. The number of halogens is 1. The van der Waals surface area contributed by atoms with Crippen molar-refractivity contribution in [3.05, 3.63) is 34.9 Å². The number of sulfonamides is 1. The van der Waals surface area contributed by atoms with Crippen molar-refractivity contribution in [2.24, 2.45) is 0 Å². The smallest absolute Gasteiger partial charge is 0.212 e. The fraction of sp³-hybridized carbons (Fsp3) is 0.333. The van der Waals surface area contributed by atoms with E-state index in [9.17, 15) is 8.42 Å². The molecule has 5 heteroatoms. The number of hydrogen-bond acceptors (Lipinski definition) is 2. The van der Waals surface area contributed by atoms with E-state index in [1.54, 1.807) is 32.0 Å². The molecule has 0 saturated carbocycles. The van der Waals surface area contributed by atoms with Crippen LogP contribution in [0.1, 0.15) is 19.4 Å². The Kier molecular flexibility index (Phi) is 5.01. The second-order valence-corrected chi connectivity index (χ2v) is 6.48. The molecule has 0 aliphatic carbocycles. The lowest BCUT2D eigenvalue weighted by atomic mass is 10.2. The lowest BCUT2D eigenvalue weighted by Gasteiger charge is -2.05. The Morgan fingerprint density at radius 3 is 2.71 bits per heavy atom. The van der Waals surface area contributed by atoms with Gasteiger partial charge in [-0.2, -0.15) is 0 Å². The monoisotopic (exact) mass is 271 g/mol. The van der Waals surface area contributed by atoms with Gasteiger partial charge in [0.05, 0.1) is 11.8 Å². The third-order valence-corrected chi connectivity index (χ3v) is 4.06. The molecule has 3 nitrogen and oxygen atoms in total. The van der Waals surface area contributed by atoms with Crippen molar-refractivity contribution in [3.8, 4) is 11.8 Å². The SMILES string of the molecule is CC(C)S(=O)(=O)NCC#Cc1cccc(Cl)c1. The van der Waals surface area contributed by atoms with Crippen molar-refractivity contribution in [3.63, 3.8) is 0 Å². The van der Waals surface area contributed by atoms with Crippen molar-refractivity contribution >= 4 is 21.6 Å². The average Bonchev–Trinajstić information content (AvgIpc) is 2.24. The van der Waals surface area contributed by atoms with Gasteiger partial charge in [-0.1, -0.05) is 29.5 Å². The molecular formula is C12H14ClNO2S. The maximum absolute atomic E-state index is 11.4. The fourth-order valence-electron chi connectivity index (χ4n) is 1.02. The summed E-state index contributed by atoms with van der Waals surface area (Å²) in [4.78, 5) is 0. The first-order chi connectivity index (χ1) is 7.92. The standard InChI is InChI=1S/C12H14ClNO2S/c1-10(2)17(15,16)14-8-4-6-11-5-3-7-12(13)9-11/h3,5,7,9-10,14H,8H2,1-2H3. The molecule has 0 saturated heterocycles. The Morgan fingerprint density at radius 2 is 2.12 bits per heavy atom. The van der Waals surface area contributed by atoms with E-state index in [2.05, 4.69) is 16.6 Å². The van der Waals surface area contributed by atoms with Crippen LogP contribution in [-0.2, 0) is 10.0 Å². The molecule has 0 atom stereocenters. The molecule has 0 radical (unpaired) electrons. The first-order valence-electron chi connectivity index (χ1n) is 5.15. The summed E-state index contributed by atoms with van der Waals surface area (Å²) in [5.74, 6) is 5.58. The van der Waals surface area contributed by atoms with E-state index >= 15 is 0 Å². The third-order valence-electron chi connectivity index (χ3n) is 2.04. The number of benzene rings is 1. The van der Waals surface area contributed by atoms with Crippen molar-refractivity contribution < 1.29 is 8.42 Å². The molecule has 0 fully saturated rings. The molecule has 0 unspecified atom stereocenters. The van der Waals surface area contributed by atoms with Gasteiger partial charge in [-0.05, 0) is 32.0 Å². The van der Waals surface area contributed by atoms with Crippen LogP contribution in [0, 0.1) is 11.8 Å². The maximum Gasteiger partial charge on any atom is 0.214 e. The quantitative estimate of drug-likeness (QED) is 0.855. The van der Waals surface area contributed by atoms with Crippen LogP contribution >= 0.6 is 11.6 Å².